The fourth-order valence-corrected chi connectivity index (χ4v) is 3.77. The second-order valence-electron chi connectivity index (χ2n) is 7.10. The molecule has 26 heavy (non-hydrogen) atoms. The number of rotatable bonds is 1. The molecule has 1 heterocycles. The number of amides is 1. The maximum atomic E-state index is 13.1. The molecule has 0 atom stereocenters. The van der Waals surface area contributed by atoms with Crippen molar-refractivity contribution in [1.29, 1.82) is 0 Å². The van der Waals surface area contributed by atoms with Gasteiger partial charge in [0.1, 0.15) is 5.82 Å². The van der Waals surface area contributed by atoms with Crippen molar-refractivity contribution < 1.29 is 9.18 Å². The molecule has 5 heteroatoms. The monoisotopic (exact) mass is 368 g/mol. The van der Waals surface area contributed by atoms with Crippen molar-refractivity contribution in [2.75, 3.05) is 4.90 Å². The number of aryl methyl sites for hydroxylation is 1. The lowest BCUT2D eigenvalue weighted by Crippen LogP contribution is -2.54. The van der Waals surface area contributed by atoms with Crippen LogP contribution in [-0.2, 0) is 0 Å². The van der Waals surface area contributed by atoms with Gasteiger partial charge in [0.2, 0.25) is 0 Å². The van der Waals surface area contributed by atoms with E-state index in [1.165, 1.54) is 29.8 Å². The van der Waals surface area contributed by atoms with Gasteiger partial charge in [0.15, 0.2) is 5.11 Å². The predicted octanol–water partition coefficient (Wildman–Crippen LogP) is 4.85. The number of hydrogen-bond donors (Lipinski definition) is 1. The summed E-state index contributed by atoms with van der Waals surface area (Å²) in [6.07, 6.45) is 2.14. The number of hydrogen-bond acceptors (Lipinski definition) is 2. The average molecular weight is 368 g/mol. The number of fused-ring (bicyclic) bond motifs is 1. The highest BCUT2D eigenvalue weighted by atomic mass is 32.1. The number of nitrogens with zero attached hydrogens (tertiary/aromatic N) is 1. The van der Waals surface area contributed by atoms with Crippen molar-refractivity contribution in [3.05, 3.63) is 71.0 Å². The average Bonchev–Trinajstić information content (AvgIpc) is 2.55. The van der Waals surface area contributed by atoms with Gasteiger partial charge < -0.3 is 4.90 Å². The molecule has 3 nitrogen and oxygen atoms in total. The van der Waals surface area contributed by atoms with Crippen molar-refractivity contribution in [1.82, 2.24) is 5.32 Å². The number of anilines is 1. The smallest absolute Gasteiger partial charge is 0.257 e. The molecule has 3 rings (SSSR count). The lowest BCUT2D eigenvalue weighted by Gasteiger charge is -2.43. The van der Waals surface area contributed by atoms with Gasteiger partial charge in [-0.1, -0.05) is 17.7 Å². The normalized spacial score (nSPS) is 15.1. The Bertz CT molecular complexity index is 916. The minimum atomic E-state index is -0.389. The van der Waals surface area contributed by atoms with Crippen LogP contribution in [0, 0.1) is 12.7 Å². The zero-order valence-electron chi connectivity index (χ0n) is 15.3. The van der Waals surface area contributed by atoms with Gasteiger partial charge in [-0.2, -0.15) is 0 Å². The third-order valence-electron chi connectivity index (χ3n) is 4.49. The maximum absolute atomic E-state index is 13.1. The van der Waals surface area contributed by atoms with E-state index in [2.05, 4.69) is 38.2 Å². The highest BCUT2D eigenvalue weighted by Gasteiger charge is 2.34. The van der Waals surface area contributed by atoms with Gasteiger partial charge in [0.05, 0.1) is 11.2 Å². The Morgan fingerprint density at radius 3 is 2.42 bits per heavy atom. The quantitative estimate of drug-likeness (QED) is 0.730. The van der Waals surface area contributed by atoms with Crippen LogP contribution in [0.2, 0.25) is 0 Å². The molecule has 0 saturated carbocycles. The van der Waals surface area contributed by atoms with E-state index >= 15 is 0 Å². The summed E-state index contributed by atoms with van der Waals surface area (Å²) in [5.74, 6) is -0.739. The molecule has 134 valence electrons. The van der Waals surface area contributed by atoms with Crippen LogP contribution in [0.5, 0.6) is 0 Å². The summed E-state index contributed by atoms with van der Waals surface area (Å²) >= 11 is 5.56. The van der Waals surface area contributed by atoms with Crippen molar-refractivity contribution >= 4 is 34.5 Å². The zero-order valence-corrected chi connectivity index (χ0v) is 16.1. The highest BCUT2D eigenvalue weighted by molar-refractivity contribution is 7.80. The van der Waals surface area contributed by atoms with Crippen molar-refractivity contribution in [2.24, 2.45) is 0 Å². The summed E-state index contributed by atoms with van der Waals surface area (Å²) in [4.78, 5) is 14.4. The fraction of sp³-hybridized carbons (Fsp3) is 0.238. The number of carbonyl (C=O) groups is 1. The van der Waals surface area contributed by atoms with E-state index in [1.807, 2.05) is 24.0 Å². The van der Waals surface area contributed by atoms with E-state index in [1.54, 1.807) is 0 Å². The van der Waals surface area contributed by atoms with Crippen LogP contribution in [0.3, 0.4) is 0 Å². The Balaban J connectivity index is 1.93. The van der Waals surface area contributed by atoms with Crippen molar-refractivity contribution in [3.63, 3.8) is 0 Å². The van der Waals surface area contributed by atoms with Crippen LogP contribution in [0.4, 0.5) is 10.1 Å². The van der Waals surface area contributed by atoms with Crippen LogP contribution < -0.4 is 10.2 Å². The molecule has 1 aliphatic heterocycles. The first-order chi connectivity index (χ1) is 12.2. The lowest BCUT2D eigenvalue weighted by atomic mass is 9.88. The molecule has 0 aliphatic carbocycles. The highest BCUT2D eigenvalue weighted by Crippen LogP contribution is 2.39. The number of carbonyl (C=O) groups excluding carboxylic acids is 1. The van der Waals surface area contributed by atoms with E-state index < -0.39 is 0 Å². The summed E-state index contributed by atoms with van der Waals surface area (Å²) in [6.45, 7) is 8.23. The largest absolute Gasteiger partial charge is 0.309 e. The van der Waals surface area contributed by atoms with Crippen molar-refractivity contribution in [2.45, 2.75) is 33.2 Å². The molecule has 0 unspecified atom stereocenters. The second-order valence-corrected chi connectivity index (χ2v) is 7.49. The SMILES string of the molecule is CC1=CC(C)(C)N(C(=S)NC(=O)c2ccc(F)cc2)c2ccc(C)cc21. The second kappa shape index (κ2) is 6.65. The Hall–Kier alpha value is -2.53. The summed E-state index contributed by atoms with van der Waals surface area (Å²) in [6, 6.07) is 11.6. The molecule has 1 aliphatic rings. The third-order valence-corrected chi connectivity index (χ3v) is 4.78. The van der Waals surface area contributed by atoms with Gasteiger partial charge in [0, 0.05) is 11.1 Å². The molecule has 0 fully saturated rings. The molecular weight excluding hydrogens is 347 g/mol. The Morgan fingerprint density at radius 1 is 1.12 bits per heavy atom. The molecule has 2 aromatic rings. The number of halogens is 1. The molecule has 1 amide bonds. The Labute approximate surface area is 158 Å². The van der Waals surface area contributed by atoms with E-state index in [4.69, 9.17) is 12.2 Å². The zero-order chi connectivity index (χ0) is 19.1. The van der Waals surface area contributed by atoms with Gasteiger partial charge in [-0.05, 0) is 81.9 Å². The van der Waals surface area contributed by atoms with Crippen LogP contribution in [0.1, 0.15) is 42.3 Å². The third kappa shape index (κ3) is 3.40. The molecular formula is C21H21FN2OS. The van der Waals surface area contributed by atoms with Crippen LogP contribution in [-0.4, -0.2) is 16.6 Å². The van der Waals surface area contributed by atoms with E-state index in [0.29, 0.717) is 10.7 Å². The number of thiocarbonyl (C=S) groups is 1. The molecule has 1 N–H and O–H groups in total. The first-order valence-corrected chi connectivity index (χ1v) is 8.81. The Morgan fingerprint density at radius 2 is 1.77 bits per heavy atom. The molecule has 0 saturated heterocycles. The summed E-state index contributed by atoms with van der Waals surface area (Å²) in [5.41, 5.74) is 4.38. The van der Waals surface area contributed by atoms with Gasteiger partial charge in [-0.3, -0.25) is 10.1 Å². The molecule has 0 radical (unpaired) electrons. The lowest BCUT2D eigenvalue weighted by molar-refractivity contribution is 0.0977. The molecule has 0 aromatic heterocycles. The summed E-state index contributed by atoms with van der Waals surface area (Å²) in [7, 11) is 0. The Kier molecular flexibility index (Phi) is 4.67. The van der Waals surface area contributed by atoms with Gasteiger partial charge >= 0.3 is 0 Å². The first kappa shape index (κ1) is 18.3. The predicted molar refractivity (Wildman–Crippen MR) is 108 cm³/mol. The number of allylic oxidation sites excluding steroid dienone is 1. The van der Waals surface area contributed by atoms with Crippen LogP contribution >= 0.6 is 12.2 Å². The van der Waals surface area contributed by atoms with E-state index in [0.717, 1.165) is 16.8 Å². The minimum absolute atomic E-state index is 0.318. The number of benzene rings is 2. The number of nitrogens with one attached hydrogen (secondary N) is 1. The van der Waals surface area contributed by atoms with Gasteiger partial charge in [-0.15, -0.1) is 0 Å². The standard InChI is InChI=1S/C21H21FN2OS/c1-13-5-10-18-17(11-13)14(2)12-21(3,4)24(18)20(26)23-19(25)15-6-8-16(22)9-7-15/h5-12H,1-4H3,(H,23,25,26). The summed E-state index contributed by atoms with van der Waals surface area (Å²) < 4.78 is 13.1. The van der Waals surface area contributed by atoms with E-state index in [9.17, 15) is 9.18 Å². The molecule has 0 spiro atoms. The van der Waals surface area contributed by atoms with Crippen LogP contribution in [0.25, 0.3) is 5.57 Å². The molecule has 2 aromatic carbocycles. The van der Waals surface area contributed by atoms with Gasteiger partial charge in [-0.25, -0.2) is 4.39 Å². The topological polar surface area (TPSA) is 32.3 Å². The first-order valence-electron chi connectivity index (χ1n) is 8.40. The minimum Gasteiger partial charge on any atom is -0.309 e. The van der Waals surface area contributed by atoms with E-state index in [-0.39, 0.29) is 17.3 Å². The van der Waals surface area contributed by atoms with Gasteiger partial charge in [0.25, 0.3) is 5.91 Å². The summed E-state index contributed by atoms with van der Waals surface area (Å²) in [5, 5.41) is 3.10. The fourth-order valence-electron chi connectivity index (χ4n) is 3.34. The molecule has 0 bridgehead atoms. The van der Waals surface area contributed by atoms with Crippen molar-refractivity contribution in [3.8, 4) is 0 Å². The van der Waals surface area contributed by atoms with Crippen LogP contribution in [0.15, 0.2) is 48.5 Å². The maximum Gasteiger partial charge on any atom is 0.257 e.